The number of halogens is 1. The number of benzene rings is 1. The highest BCUT2D eigenvalue weighted by atomic mass is 35.7. The molecule has 1 heterocycles. The Hall–Kier alpha value is -1.27. The van der Waals surface area contributed by atoms with Crippen LogP contribution in [0.15, 0.2) is 27.9 Å². The summed E-state index contributed by atoms with van der Waals surface area (Å²) < 4.78 is 26.4. The first-order valence-corrected chi connectivity index (χ1v) is 9.60. The fraction of sp³-hybridized carbons (Fsp3) is 0.533. The Kier molecular flexibility index (Phi) is 4.73. The summed E-state index contributed by atoms with van der Waals surface area (Å²) in [6.45, 7) is 9.23. The minimum Gasteiger partial charge on any atom is -0.292 e. The minimum atomic E-state index is -3.82. The predicted octanol–water partition coefficient (Wildman–Crippen LogP) is 3.04. The van der Waals surface area contributed by atoms with Gasteiger partial charge in [-0.3, -0.25) is 9.13 Å². The van der Waals surface area contributed by atoms with Crippen LogP contribution in [0.2, 0.25) is 0 Å². The molecule has 0 fully saturated rings. The van der Waals surface area contributed by atoms with Crippen LogP contribution in [0.25, 0.3) is 11.0 Å². The minimum absolute atomic E-state index is 0.0147. The number of hydrogen-bond acceptors (Lipinski definition) is 3. The van der Waals surface area contributed by atoms with Gasteiger partial charge in [0.25, 0.3) is 9.05 Å². The van der Waals surface area contributed by atoms with E-state index in [1.165, 1.54) is 12.1 Å². The van der Waals surface area contributed by atoms with Gasteiger partial charge in [0.15, 0.2) is 0 Å². The Morgan fingerprint density at radius 2 is 1.50 bits per heavy atom. The van der Waals surface area contributed by atoms with Crippen molar-refractivity contribution in [2.75, 3.05) is 0 Å². The predicted molar refractivity (Wildman–Crippen MR) is 88.9 cm³/mol. The van der Waals surface area contributed by atoms with E-state index in [0.29, 0.717) is 24.5 Å². The third-order valence-corrected chi connectivity index (χ3v) is 4.72. The fourth-order valence-electron chi connectivity index (χ4n) is 2.53. The van der Waals surface area contributed by atoms with Crippen LogP contribution in [0.5, 0.6) is 0 Å². The second-order valence-corrected chi connectivity index (χ2v) is 8.95. The molecule has 0 radical (unpaired) electrons. The molecule has 0 bridgehead atoms. The summed E-state index contributed by atoms with van der Waals surface area (Å²) in [6.07, 6.45) is 0. The van der Waals surface area contributed by atoms with Crippen molar-refractivity contribution in [3.8, 4) is 0 Å². The van der Waals surface area contributed by atoms with Crippen LogP contribution in [0, 0.1) is 11.8 Å². The number of fused-ring (bicyclic) bond motifs is 1. The summed E-state index contributed by atoms with van der Waals surface area (Å²) in [4.78, 5) is 12.7. The van der Waals surface area contributed by atoms with Gasteiger partial charge in [-0.05, 0) is 30.0 Å². The first-order valence-electron chi connectivity index (χ1n) is 7.29. The first-order chi connectivity index (χ1) is 10.1. The molecular formula is C15H21ClN2O3S. The third kappa shape index (κ3) is 3.38. The number of nitrogens with zero attached hydrogens (tertiary/aromatic N) is 2. The van der Waals surface area contributed by atoms with Crippen molar-refractivity contribution < 1.29 is 8.42 Å². The molecule has 122 valence electrons. The second kappa shape index (κ2) is 6.08. The van der Waals surface area contributed by atoms with E-state index >= 15 is 0 Å². The lowest BCUT2D eigenvalue weighted by Gasteiger charge is -2.06. The highest BCUT2D eigenvalue weighted by Gasteiger charge is 2.18. The van der Waals surface area contributed by atoms with E-state index in [1.54, 1.807) is 15.2 Å². The van der Waals surface area contributed by atoms with Gasteiger partial charge in [0.05, 0.1) is 15.9 Å². The summed E-state index contributed by atoms with van der Waals surface area (Å²) in [5.41, 5.74) is 1.24. The molecule has 0 atom stereocenters. The third-order valence-electron chi connectivity index (χ3n) is 3.37. The number of aromatic nitrogens is 2. The topological polar surface area (TPSA) is 61.1 Å². The van der Waals surface area contributed by atoms with Gasteiger partial charge < -0.3 is 0 Å². The Morgan fingerprint density at radius 3 is 1.95 bits per heavy atom. The molecule has 7 heteroatoms. The van der Waals surface area contributed by atoms with Crippen molar-refractivity contribution in [1.29, 1.82) is 0 Å². The molecule has 0 N–H and O–H groups in total. The maximum Gasteiger partial charge on any atom is 0.329 e. The van der Waals surface area contributed by atoms with Crippen molar-refractivity contribution in [1.82, 2.24) is 9.13 Å². The number of rotatable bonds is 5. The smallest absolute Gasteiger partial charge is 0.292 e. The first kappa shape index (κ1) is 17.1. The summed E-state index contributed by atoms with van der Waals surface area (Å²) >= 11 is 0. The van der Waals surface area contributed by atoms with Gasteiger partial charge in [0.1, 0.15) is 0 Å². The standard InChI is InChI=1S/C15H21ClN2O3S/c1-10(2)8-17-13-6-5-12(22(16,20)21)7-14(13)18(15(17)19)9-11(3)4/h5-7,10-11H,8-9H2,1-4H3. The highest BCUT2D eigenvalue weighted by molar-refractivity contribution is 8.13. The Balaban J connectivity index is 2.78. The lowest BCUT2D eigenvalue weighted by atomic mass is 10.2. The maximum absolute atomic E-state index is 12.7. The Bertz CT molecular complexity index is 848. The van der Waals surface area contributed by atoms with E-state index in [2.05, 4.69) is 0 Å². The van der Waals surface area contributed by atoms with Crippen molar-refractivity contribution in [3.63, 3.8) is 0 Å². The molecule has 22 heavy (non-hydrogen) atoms. The molecule has 0 aliphatic carbocycles. The Morgan fingerprint density at radius 1 is 1.00 bits per heavy atom. The molecule has 0 aliphatic heterocycles. The zero-order valence-electron chi connectivity index (χ0n) is 13.2. The van der Waals surface area contributed by atoms with Gasteiger partial charge in [-0.2, -0.15) is 0 Å². The average Bonchev–Trinajstić information content (AvgIpc) is 2.62. The van der Waals surface area contributed by atoms with Crippen molar-refractivity contribution in [2.24, 2.45) is 11.8 Å². The lowest BCUT2D eigenvalue weighted by Crippen LogP contribution is -2.27. The lowest BCUT2D eigenvalue weighted by molar-refractivity contribution is 0.481. The number of hydrogen-bond donors (Lipinski definition) is 0. The monoisotopic (exact) mass is 344 g/mol. The van der Waals surface area contributed by atoms with Gasteiger partial charge >= 0.3 is 5.69 Å². The van der Waals surface area contributed by atoms with Crippen LogP contribution in [-0.4, -0.2) is 17.6 Å². The summed E-state index contributed by atoms with van der Waals surface area (Å²) in [7, 11) is 1.61. The van der Waals surface area contributed by atoms with E-state index in [-0.39, 0.29) is 16.5 Å². The highest BCUT2D eigenvalue weighted by Crippen LogP contribution is 2.22. The van der Waals surface area contributed by atoms with Gasteiger partial charge in [0.2, 0.25) is 0 Å². The molecule has 0 saturated heterocycles. The maximum atomic E-state index is 12.7. The molecular weight excluding hydrogens is 324 g/mol. The quantitative estimate of drug-likeness (QED) is 0.783. The van der Waals surface area contributed by atoms with Gasteiger partial charge in [-0.15, -0.1) is 0 Å². The fourth-order valence-corrected chi connectivity index (χ4v) is 3.31. The summed E-state index contributed by atoms with van der Waals surface area (Å²) in [5.74, 6) is 0.583. The van der Waals surface area contributed by atoms with E-state index in [9.17, 15) is 13.2 Å². The van der Waals surface area contributed by atoms with Crippen molar-refractivity contribution in [2.45, 2.75) is 45.7 Å². The number of imidazole rings is 1. The molecule has 2 aromatic rings. The summed E-state index contributed by atoms with van der Waals surface area (Å²) in [6, 6.07) is 4.59. The zero-order chi connectivity index (χ0) is 16.7. The van der Waals surface area contributed by atoms with E-state index < -0.39 is 9.05 Å². The van der Waals surface area contributed by atoms with Crippen molar-refractivity contribution >= 4 is 30.8 Å². The normalized spacial score (nSPS) is 12.7. The van der Waals surface area contributed by atoms with Crippen LogP contribution >= 0.6 is 10.7 Å². The molecule has 1 aromatic carbocycles. The van der Waals surface area contributed by atoms with Gasteiger partial charge in [-0.25, -0.2) is 13.2 Å². The SMILES string of the molecule is CC(C)Cn1c(=O)n(CC(C)C)c2cc(S(=O)(=O)Cl)ccc21. The average molecular weight is 345 g/mol. The second-order valence-electron chi connectivity index (χ2n) is 6.38. The van der Waals surface area contributed by atoms with Crippen LogP contribution in [0.3, 0.4) is 0 Å². The zero-order valence-corrected chi connectivity index (χ0v) is 14.8. The molecule has 0 saturated carbocycles. The van der Waals surface area contributed by atoms with E-state index in [0.717, 1.165) is 5.52 Å². The van der Waals surface area contributed by atoms with Crippen LogP contribution in [0.4, 0.5) is 0 Å². The largest absolute Gasteiger partial charge is 0.329 e. The molecule has 0 unspecified atom stereocenters. The van der Waals surface area contributed by atoms with Gasteiger partial charge in [-0.1, -0.05) is 27.7 Å². The van der Waals surface area contributed by atoms with Crippen LogP contribution in [-0.2, 0) is 22.1 Å². The molecule has 1 aromatic heterocycles. The van der Waals surface area contributed by atoms with Gasteiger partial charge in [0, 0.05) is 23.8 Å². The summed E-state index contributed by atoms with van der Waals surface area (Å²) in [5, 5.41) is 0. The van der Waals surface area contributed by atoms with E-state index in [4.69, 9.17) is 10.7 Å². The molecule has 5 nitrogen and oxygen atoms in total. The molecule has 0 spiro atoms. The van der Waals surface area contributed by atoms with Crippen LogP contribution < -0.4 is 5.69 Å². The molecule has 2 rings (SSSR count). The van der Waals surface area contributed by atoms with Crippen LogP contribution in [0.1, 0.15) is 27.7 Å². The van der Waals surface area contributed by atoms with E-state index in [1.807, 2.05) is 27.7 Å². The molecule has 0 aliphatic rings. The molecule has 0 amide bonds. The van der Waals surface area contributed by atoms with Crippen molar-refractivity contribution in [3.05, 3.63) is 28.7 Å². The Labute approximate surface area is 134 Å².